The highest BCUT2D eigenvalue weighted by Gasteiger charge is 2.21. The Hall–Kier alpha value is -2.13. The number of ketones is 1. The van der Waals surface area contributed by atoms with E-state index in [-0.39, 0.29) is 5.78 Å². The van der Waals surface area contributed by atoms with E-state index in [9.17, 15) is 4.79 Å². The van der Waals surface area contributed by atoms with Crippen LogP contribution in [0.5, 0.6) is 5.75 Å². The van der Waals surface area contributed by atoms with Crippen LogP contribution in [0.1, 0.15) is 48.7 Å². The maximum absolute atomic E-state index is 11.3. The average Bonchev–Trinajstić information content (AvgIpc) is 2.60. The number of piperidine rings is 1. The molecule has 0 aromatic heterocycles. The van der Waals surface area contributed by atoms with Crippen LogP contribution >= 0.6 is 0 Å². The average molecular weight is 351 g/mol. The predicted octanol–water partition coefficient (Wildman–Crippen LogP) is 4.95. The van der Waals surface area contributed by atoms with E-state index in [1.165, 1.54) is 25.1 Å². The molecule has 26 heavy (non-hydrogen) atoms. The summed E-state index contributed by atoms with van der Waals surface area (Å²) in [5, 5.41) is 0. The minimum atomic E-state index is 0.0737. The molecule has 1 saturated heterocycles. The van der Waals surface area contributed by atoms with E-state index in [0.29, 0.717) is 12.2 Å². The molecule has 0 unspecified atom stereocenters. The highest BCUT2D eigenvalue weighted by atomic mass is 16.5. The highest BCUT2D eigenvalue weighted by molar-refractivity contribution is 5.94. The number of carbonyl (C=O) groups excluding carboxylic acids is 1. The summed E-state index contributed by atoms with van der Waals surface area (Å²) in [4.78, 5) is 13.9. The lowest BCUT2D eigenvalue weighted by Crippen LogP contribution is -2.38. The zero-order chi connectivity index (χ0) is 18.5. The van der Waals surface area contributed by atoms with Crippen LogP contribution in [0.15, 0.2) is 48.5 Å². The van der Waals surface area contributed by atoms with E-state index in [4.69, 9.17) is 4.74 Å². The number of benzene rings is 2. The molecule has 3 nitrogen and oxygen atoms in total. The summed E-state index contributed by atoms with van der Waals surface area (Å²) in [5.74, 6) is 2.45. The van der Waals surface area contributed by atoms with Gasteiger partial charge in [0.1, 0.15) is 12.4 Å². The Morgan fingerprint density at radius 3 is 2.12 bits per heavy atom. The largest absolute Gasteiger partial charge is 0.489 e. The fourth-order valence-corrected chi connectivity index (χ4v) is 3.87. The second kappa shape index (κ2) is 8.50. The Morgan fingerprint density at radius 1 is 0.962 bits per heavy atom. The normalized spacial score (nSPS) is 20.7. The van der Waals surface area contributed by atoms with Gasteiger partial charge < -0.3 is 4.74 Å². The lowest BCUT2D eigenvalue weighted by atomic mass is 9.91. The van der Waals surface area contributed by atoms with Gasteiger partial charge in [-0.25, -0.2) is 0 Å². The van der Waals surface area contributed by atoms with Gasteiger partial charge in [0.25, 0.3) is 0 Å². The standard InChI is InChI=1S/C23H29NO2/c1-17-12-18(2)14-24(13-17)15-20-4-6-21(7-5-20)16-26-23-10-8-22(9-11-23)19(3)25/h4-11,17-18H,12-16H2,1-3H3/t17-,18-/m0/s1. The Kier molecular flexibility index (Phi) is 6.10. The first-order valence-electron chi connectivity index (χ1n) is 9.53. The van der Waals surface area contributed by atoms with E-state index in [1.54, 1.807) is 19.1 Å². The Morgan fingerprint density at radius 2 is 1.54 bits per heavy atom. The van der Waals surface area contributed by atoms with Gasteiger partial charge in [0, 0.05) is 25.2 Å². The summed E-state index contributed by atoms with van der Waals surface area (Å²) in [6, 6.07) is 16.0. The number of carbonyl (C=O) groups is 1. The first kappa shape index (κ1) is 18.7. The Labute approximate surface area is 157 Å². The summed E-state index contributed by atoms with van der Waals surface area (Å²) >= 11 is 0. The van der Waals surface area contributed by atoms with Crippen LogP contribution in [0.2, 0.25) is 0 Å². The molecular weight excluding hydrogens is 322 g/mol. The lowest BCUT2D eigenvalue weighted by molar-refractivity contribution is 0.101. The molecule has 2 aromatic carbocycles. The SMILES string of the molecule is CC(=O)c1ccc(OCc2ccc(CN3C[C@@H](C)C[C@H](C)C3)cc2)cc1. The third-order valence-corrected chi connectivity index (χ3v) is 5.04. The third-order valence-electron chi connectivity index (χ3n) is 5.04. The van der Waals surface area contributed by atoms with Crippen molar-refractivity contribution in [3.05, 3.63) is 65.2 Å². The number of Topliss-reactive ketones (excluding diaryl/α,β-unsaturated/α-hetero) is 1. The zero-order valence-corrected chi connectivity index (χ0v) is 16.1. The van der Waals surface area contributed by atoms with E-state index < -0.39 is 0 Å². The van der Waals surface area contributed by atoms with Gasteiger partial charge in [0.15, 0.2) is 5.78 Å². The van der Waals surface area contributed by atoms with Crippen molar-refractivity contribution < 1.29 is 9.53 Å². The zero-order valence-electron chi connectivity index (χ0n) is 16.1. The van der Waals surface area contributed by atoms with Gasteiger partial charge >= 0.3 is 0 Å². The lowest BCUT2D eigenvalue weighted by Gasteiger charge is -2.35. The van der Waals surface area contributed by atoms with E-state index in [2.05, 4.69) is 43.0 Å². The molecule has 0 saturated carbocycles. The van der Waals surface area contributed by atoms with Gasteiger partial charge in [-0.15, -0.1) is 0 Å². The smallest absolute Gasteiger partial charge is 0.159 e. The molecule has 138 valence electrons. The summed E-state index contributed by atoms with van der Waals surface area (Å²) in [6.45, 7) is 10.2. The fourth-order valence-electron chi connectivity index (χ4n) is 3.87. The van der Waals surface area contributed by atoms with Crippen molar-refractivity contribution in [2.24, 2.45) is 11.8 Å². The van der Waals surface area contributed by atoms with Gasteiger partial charge in [-0.05, 0) is 60.6 Å². The Bertz CT molecular complexity index is 711. The molecule has 3 rings (SSSR count). The number of rotatable bonds is 6. The van der Waals surface area contributed by atoms with Gasteiger partial charge in [-0.3, -0.25) is 9.69 Å². The van der Waals surface area contributed by atoms with Crippen LogP contribution in [-0.4, -0.2) is 23.8 Å². The van der Waals surface area contributed by atoms with Crippen molar-refractivity contribution in [3.63, 3.8) is 0 Å². The molecule has 2 atom stereocenters. The second-order valence-corrected chi connectivity index (χ2v) is 7.83. The predicted molar refractivity (Wildman–Crippen MR) is 105 cm³/mol. The third kappa shape index (κ3) is 5.18. The molecule has 1 aliphatic rings. The van der Waals surface area contributed by atoms with Gasteiger partial charge in [0.05, 0.1) is 0 Å². The molecule has 0 radical (unpaired) electrons. The van der Waals surface area contributed by atoms with Gasteiger partial charge in [-0.2, -0.15) is 0 Å². The molecule has 0 N–H and O–H groups in total. The van der Waals surface area contributed by atoms with E-state index >= 15 is 0 Å². The van der Waals surface area contributed by atoms with Crippen molar-refractivity contribution in [1.82, 2.24) is 4.90 Å². The molecule has 1 heterocycles. The van der Waals surface area contributed by atoms with E-state index in [1.807, 2.05) is 12.1 Å². The van der Waals surface area contributed by atoms with Crippen LogP contribution in [0.4, 0.5) is 0 Å². The summed E-state index contributed by atoms with van der Waals surface area (Å²) in [5.41, 5.74) is 3.23. The van der Waals surface area contributed by atoms with Crippen LogP contribution < -0.4 is 4.74 Å². The van der Waals surface area contributed by atoms with Crippen molar-refractivity contribution in [2.75, 3.05) is 13.1 Å². The fraction of sp³-hybridized carbons (Fsp3) is 0.435. The van der Waals surface area contributed by atoms with E-state index in [0.717, 1.165) is 29.7 Å². The minimum absolute atomic E-state index is 0.0737. The van der Waals surface area contributed by atoms with Crippen LogP contribution in [-0.2, 0) is 13.2 Å². The quantitative estimate of drug-likeness (QED) is 0.690. The van der Waals surface area contributed by atoms with Gasteiger partial charge in [0.2, 0.25) is 0 Å². The number of ether oxygens (including phenoxy) is 1. The second-order valence-electron chi connectivity index (χ2n) is 7.83. The maximum atomic E-state index is 11.3. The molecule has 0 spiro atoms. The van der Waals surface area contributed by atoms with Crippen molar-refractivity contribution >= 4 is 5.78 Å². The van der Waals surface area contributed by atoms with Crippen molar-refractivity contribution in [2.45, 2.75) is 40.3 Å². The molecule has 2 aromatic rings. The number of nitrogens with zero attached hydrogens (tertiary/aromatic N) is 1. The summed E-state index contributed by atoms with van der Waals surface area (Å²) in [6.07, 6.45) is 1.35. The number of hydrogen-bond acceptors (Lipinski definition) is 3. The molecular formula is C23H29NO2. The molecule has 0 bridgehead atoms. The summed E-state index contributed by atoms with van der Waals surface area (Å²) < 4.78 is 5.82. The Balaban J connectivity index is 1.52. The number of likely N-dealkylation sites (tertiary alicyclic amines) is 1. The van der Waals surface area contributed by atoms with Crippen LogP contribution in [0, 0.1) is 11.8 Å². The number of hydrogen-bond donors (Lipinski definition) is 0. The van der Waals surface area contributed by atoms with Crippen molar-refractivity contribution in [1.29, 1.82) is 0 Å². The van der Waals surface area contributed by atoms with Crippen LogP contribution in [0.25, 0.3) is 0 Å². The molecule has 3 heteroatoms. The monoisotopic (exact) mass is 351 g/mol. The molecule has 1 aliphatic heterocycles. The highest BCUT2D eigenvalue weighted by Crippen LogP contribution is 2.22. The topological polar surface area (TPSA) is 29.5 Å². The first-order valence-corrected chi connectivity index (χ1v) is 9.53. The molecule has 1 fully saturated rings. The first-order chi connectivity index (χ1) is 12.5. The molecule has 0 aliphatic carbocycles. The molecule has 0 amide bonds. The van der Waals surface area contributed by atoms with Gasteiger partial charge in [-0.1, -0.05) is 38.1 Å². The van der Waals surface area contributed by atoms with Crippen molar-refractivity contribution in [3.8, 4) is 5.75 Å². The minimum Gasteiger partial charge on any atom is -0.489 e. The maximum Gasteiger partial charge on any atom is 0.159 e. The summed E-state index contributed by atoms with van der Waals surface area (Å²) in [7, 11) is 0. The van der Waals surface area contributed by atoms with Crippen LogP contribution in [0.3, 0.4) is 0 Å².